The normalized spacial score (nSPS) is 19.1. The maximum atomic E-state index is 12.7. The van der Waals surface area contributed by atoms with Gasteiger partial charge in [-0.15, -0.1) is 0 Å². The zero-order valence-corrected chi connectivity index (χ0v) is 16.6. The van der Waals surface area contributed by atoms with Gasteiger partial charge >= 0.3 is 6.18 Å². The molecule has 6 heteroatoms. The number of allylic oxidation sites excluding steroid dienone is 3. The summed E-state index contributed by atoms with van der Waals surface area (Å²) in [6, 6.07) is 10.8. The van der Waals surface area contributed by atoms with E-state index in [4.69, 9.17) is 0 Å². The monoisotopic (exact) mass is 411 g/mol. The first-order valence-corrected chi connectivity index (χ1v) is 10.2. The first-order chi connectivity index (χ1) is 14.5. The molecule has 0 unspecified atom stereocenters. The van der Waals surface area contributed by atoms with E-state index < -0.39 is 11.7 Å². The number of alkyl halides is 3. The maximum absolute atomic E-state index is 12.7. The van der Waals surface area contributed by atoms with Crippen LogP contribution in [-0.4, -0.2) is 22.5 Å². The molecule has 156 valence electrons. The van der Waals surface area contributed by atoms with Crippen molar-refractivity contribution in [1.29, 1.82) is 0 Å². The Hall–Kier alpha value is -3.02. The number of hydrogen-bond acceptors (Lipinski definition) is 3. The van der Waals surface area contributed by atoms with E-state index in [1.165, 1.54) is 11.6 Å². The Bertz CT molecular complexity index is 948. The lowest BCUT2D eigenvalue weighted by atomic mass is 9.88. The highest BCUT2D eigenvalue weighted by Gasteiger charge is 2.30. The minimum absolute atomic E-state index is 0.386. The Kier molecular flexibility index (Phi) is 5.93. The molecule has 2 aromatic rings. The number of nitrogens with zero attached hydrogens (tertiary/aromatic N) is 2. The first-order valence-electron chi connectivity index (χ1n) is 10.2. The number of nitrogens with one attached hydrogen (secondary N) is 1. The summed E-state index contributed by atoms with van der Waals surface area (Å²) in [6.07, 6.45) is 11.7. The van der Waals surface area contributed by atoms with Crippen molar-refractivity contribution in [2.24, 2.45) is 0 Å². The second kappa shape index (κ2) is 8.78. The Morgan fingerprint density at radius 1 is 1.07 bits per heavy atom. The second-order valence-corrected chi connectivity index (χ2v) is 7.68. The molecular formula is C24H24F3N3. The molecule has 0 bridgehead atoms. The highest BCUT2D eigenvalue weighted by molar-refractivity contribution is 5.63. The van der Waals surface area contributed by atoms with Gasteiger partial charge in [0.25, 0.3) is 0 Å². The molecule has 0 spiro atoms. The average molecular weight is 411 g/mol. The SMILES string of the molecule is FC(F)(F)c1ccc(Nc2cccc(C=C3CCC(N4C=CC=CC4)CC3)c2)nc1. The topological polar surface area (TPSA) is 28.2 Å². The summed E-state index contributed by atoms with van der Waals surface area (Å²) < 4.78 is 38.0. The summed E-state index contributed by atoms with van der Waals surface area (Å²) in [4.78, 5) is 6.29. The molecule has 30 heavy (non-hydrogen) atoms. The van der Waals surface area contributed by atoms with Crippen LogP contribution in [0.5, 0.6) is 0 Å². The van der Waals surface area contributed by atoms with E-state index in [1.807, 2.05) is 24.3 Å². The Morgan fingerprint density at radius 3 is 2.57 bits per heavy atom. The van der Waals surface area contributed by atoms with Crippen molar-refractivity contribution >= 4 is 17.6 Å². The molecule has 1 aliphatic heterocycles. The highest BCUT2D eigenvalue weighted by atomic mass is 19.4. The molecule has 0 radical (unpaired) electrons. The quantitative estimate of drug-likeness (QED) is 0.618. The van der Waals surface area contributed by atoms with Crippen LogP contribution in [0.2, 0.25) is 0 Å². The third-order valence-corrected chi connectivity index (χ3v) is 5.53. The van der Waals surface area contributed by atoms with Gasteiger partial charge in [-0.05, 0) is 67.8 Å². The molecule has 1 aromatic heterocycles. The second-order valence-electron chi connectivity index (χ2n) is 7.68. The third kappa shape index (κ3) is 5.12. The van der Waals surface area contributed by atoms with Gasteiger partial charge in [0.05, 0.1) is 5.56 Å². The van der Waals surface area contributed by atoms with Gasteiger partial charge < -0.3 is 10.2 Å². The van der Waals surface area contributed by atoms with Crippen LogP contribution in [0.4, 0.5) is 24.7 Å². The standard InChI is InChI=1S/C24H24F3N3/c25-24(26,27)20-9-12-23(28-17-20)29-21-6-4-5-19(16-21)15-18-7-10-22(11-8-18)30-13-2-1-3-14-30/h1-6,9,12-13,15-17,22H,7-8,10-11,14H2,(H,28,29). The summed E-state index contributed by atoms with van der Waals surface area (Å²) in [6.45, 7) is 0.992. The van der Waals surface area contributed by atoms with Gasteiger partial charge in [-0.3, -0.25) is 0 Å². The minimum atomic E-state index is -4.38. The molecule has 2 heterocycles. The molecule has 0 amide bonds. The van der Waals surface area contributed by atoms with Crippen LogP contribution in [0.1, 0.15) is 36.8 Å². The number of hydrogen-bond donors (Lipinski definition) is 1. The Morgan fingerprint density at radius 2 is 1.90 bits per heavy atom. The van der Waals surface area contributed by atoms with Crippen LogP contribution < -0.4 is 5.32 Å². The summed E-state index contributed by atoms with van der Waals surface area (Å²) in [5, 5.41) is 3.08. The largest absolute Gasteiger partial charge is 0.417 e. The zero-order valence-electron chi connectivity index (χ0n) is 16.6. The molecule has 1 fully saturated rings. The van der Waals surface area contributed by atoms with E-state index in [1.54, 1.807) is 0 Å². The lowest BCUT2D eigenvalue weighted by Crippen LogP contribution is -2.33. The van der Waals surface area contributed by atoms with E-state index in [-0.39, 0.29) is 0 Å². The molecule has 4 rings (SSSR count). The summed E-state index contributed by atoms with van der Waals surface area (Å²) in [7, 11) is 0. The summed E-state index contributed by atoms with van der Waals surface area (Å²) in [5.74, 6) is 0.386. The van der Waals surface area contributed by atoms with Crippen molar-refractivity contribution in [3.63, 3.8) is 0 Å². The smallest absolute Gasteiger partial charge is 0.371 e. The number of benzene rings is 1. The van der Waals surface area contributed by atoms with Gasteiger partial charge in [0.15, 0.2) is 0 Å². The van der Waals surface area contributed by atoms with Crippen LogP contribution in [0.15, 0.2) is 72.6 Å². The number of rotatable bonds is 4. The molecule has 1 aliphatic carbocycles. The van der Waals surface area contributed by atoms with Crippen molar-refractivity contribution in [1.82, 2.24) is 9.88 Å². The molecule has 0 atom stereocenters. The fraction of sp³-hybridized carbons (Fsp3) is 0.292. The molecule has 1 saturated carbocycles. The van der Waals surface area contributed by atoms with Crippen LogP contribution in [0.25, 0.3) is 6.08 Å². The average Bonchev–Trinajstić information content (AvgIpc) is 2.75. The van der Waals surface area contributed by atoms with E-state index >= 15 is 0 Å². The van der Waals surface area contributed by atoms with Crippen molar-refractivity contribution in [2.75, 3.05) is 11.9 Å². The summed E-state index contributed by atoms with van der Waals surface area (Å²) >= 11 is 0. The van der Waals surface area contributed by atoms with Gasteiger partial charge in [0.2, 0.25) is 0 Å². The molecule has 1 aromatic carbocycles. The maximum Gasteiger partial charge on any atom is 0.417 e. The van der Waals surface area contributed by atoms with Gasteiger partial charge in [-0.1, -0.05) is 35.9 Å². The summed E-state index contributed by atoms with van der Waals surface area (Å²) in [5.41, 5.74) is 2.57. The van der Waals surface area contributed by atoms with Crippen molar-refractivity contribution in [3.05, 3.63) is 83.7 Å². The number of halogens is 3. The van der Waals surface area contributed by atoms with Crippen molar-refractivity contribution < 1.29 is 13.2 Å². The van der Waals surface area contributed by atoms with Gasteiger partial charge in [-0.2, -0.15) is 13.2 Å². The van der Waals surface area contributed by atoms with Gasteiger partial charge in [0, 0.05) is 24.5 Å². The molecule has 1 N–H and O–H groups in total. The molecule has 2 aliphatic rings. The van der Waals surface area contributed by atoms with Crippen molar-refractivity contribution in [3.8, 4) is 0 Å². The predicted molar refractivity (Wildman–Crippen MR) is 114 cm³/mol. The Balaban J connectivity index is 1.38. The number of pyridine rings is 1. The number of anilines is 2. The minimum Gasteiger partial charge on any atom is -0.371 e. The predicted octanol–water partition coefficient (Wildman–Crippen LogP) is 6.56. The van der Waals surface area contributed by atoms with E-state index in [9.17, 15) is 13.2 Å². The highest BCUT2D eigenvalue weighted by Crippen LogP contribution is 2.31. The molecule has 0 saturated heterocycles. The fourth-order valence-corrected chi connectivity index (χ4v) is 3.93. The first kappa shape index (κ1) is 20.3. The van der Waals surface area contributed by atoms with E-state index in [0.29, 0.717) is 11.9 Å². The van der Waals surface area contributed by atoms with Gasteiger partial charge in [0.1, 0.15) is 5.82 Å². The van der Waals surface area contributed by atoms with Crippen LogP contribution in [0, 0.1) is 0 Å². The lowest BCUT2D eigenvalue weighted by Gasteiger charge is -2.34. The number of aromatic nitrogens is 1. The molecular weight excluding hydrogens is 387 g/mol. The Labute approximate surface area is 174 Å². The van der Waals surface area contributed by atoms with Gasteiger partial charge in [-0.25, -0.2) is 4.98 Å². The van der Waals surface area contributed by atoms with E-state index in [0.717, 1.165) is 55.7 Å². The van der Waals surface area contributed by atoms with Crippen LogP contribution >= 0.6 is 0 Å². The lowest BCUT2D eigenvalue weighted by molar-refractivity contribution is -0.137. The molecule has 3 nitrogen and oxygen atoms in total. The fourth-order valence-electron chi connectivity index (χ4n) is 3.93. The third-order valence-electron chi connectivity index (χ3n) is 5.53. The van der Waals surface area contributed by atoms with Crippen LogP contribution in [-0.2, 0) is 6.18 Å². The zero-order chi connectivity index (χ0) is 21.0. The van der Waals surface area contributed by atoms with Crippen LogP contribution in [0.3, 0.4) is 0 Å². The van der Waals surface area contributed by atoms with E-state index in [2.05, 4.69) is 45.7 Å². The van der Waals surface area contributed by atoms with Crippen molar-refractivity contribution in [2.45, 2.75) is 37.9 Å².